The van der Waals surface area contributed by atoms with E-state index >= 15 is 0 Å². The van der Waals surface area contributed by atoms with E-state index in [-0.39, 0.29) is 0 Å². The van der Waals surface area contributed by atoms with Crippen molar-refractivity contribution in [2.24, 2.45) is 0 Å². The van der Waals surface area contributed by atoms with Crippen molar-refractivity contribution in [1.82, 2.24) is 14.3 Å². The van der Waals surface area contributed by atoms with Crippen molar-refractivity contribution in [3.05, 3.63) is 36.2 Å². The van der Waals surface area contributed by atoms with Crippen molar-refractivity contribution in [1.29, 1.82) is 0 Å². The number of sulfonamides is 1. The molecule has 0 aliphatic carbocycles. The Morgan fingerprint density at radius 2 is 1.95 bits per heavy atom. The Hall–Kier alpha value is -1.53. The average molecular weight is 291 g/mol. The molecule has 1 aliphatic rings. The maximum absolute atomic E-state index is 11.5. The smallest absolute Gasteiger partial charge is 0.211 e. The molecule has 0 saturated carbocycles. The summed E-state index contributed by atoms with van der Waals surface area (Å²) in [5.74, 6) is 0.319. The summed E-state index contributed by atoms with van der Waals surface area (Å²) in [7, 11) is -3.07. The van der Waals surface area contributed by atoms with Crippen LogP contribution < -0.4 is 0 Å². The second kappa shape index (κ2) is 5.10. The fourth-order valence-electron chi connectivity index (χ4n) is 2.68. The highest BCUT2D eigenvalue weighted by atomic mass is 32.2. The lowest BCUT2D eigenvalue weighted by atomic mass is 9.94. The monoisotopic (exact) mass is 291 g/mol. The van der Waals surface area contributed by atoms with Crippen LogP contribution in [0.2, 0.25) is 0 Å². The first-order valence-corrected chi connectivity index (χ1v) is 8.56. The Balaban J connectivity index is 1.80. The third-order valence-electron chi connectivity index (χ3n) is 3.83. The molecule has 0 atom stereocenters. The third-order valence-corrected chi connectivity index (χ3v) is 5.13. The summed E-state index contributed by atoms with van der Waals surface area (Å²) >= 11 is 0. The van der Waals surface area contributed by atoms with Crippen LogP contribution in [0.3, 0.4) is 0 Å². The largest absolute Gasteiger partial charge is 0.237 e. The normalized spacial score (nSPS) is 18.4. The van der Waals surface area contributed by atoms with E-state index in [1.165, 1.54) is 6.26 Å². The lowest BCUT2D eigenvalue weighted by Gasteiger charge is -2.29. The van der Waals surface area contributed by atoms with Crippen LogP contribution in [-0.2, 0) is 10.0 Å². The number of nitrogens with zero attached hydrogens (tertiary/aromatic N) is 3. The molecule has 3 rings (SSSR count). The molecule has 2 aromatic rings. The van der Waals surface area contributed by atoms with E-state index in [0.717, 1.165) is 29.6 Å². The van der Waals surface area contributed by atoms with Gasteiger partial charge in [-0.1, -0.05) is 0 Å². The highest BCUT2D eigenvalue weighted by Gasteiger charge is 2.26. The SMILES string of the molecule is CS(=O)(=O)N1CCC(c2ccc3cccnc3n2)CC1. The Bertz CT molecular complexity index is 722. The van der Waals surface area contributed by atoms with Crippen LogP contribution in [0.1, 0.15) is 24.5 Å². The highest BCUT2D eigenvalue weighted by molar-refractivity contribution is 7.88. The molecule has 0 radical (unpaired) electrons. The molecule has 0 aromatic carbocycles. The molecule has 6 heteroatoms. The van der Waals surface area contributed by atoms with Crippen LogP contribution in [0.5, 0.6) is 0 Å². The molecule has 2 aromatic heterocycles. The molecule has 0 N–H and O–H groups in total. The molecule has 3 heterocycles. The fourth-order valence-corrected chi connectivity index (χ4v) is 3.55. The summed E-state index contributed by atoms with van der Waals surface area (Å²) in [5.41, 5.74) is 1.78. The fraction of sp³-hybridized carbons (Fsp3) is 0.429. The summed E-state index contributed by atoms with van der Waals surface area (Å²) in [4.78, 5) is 8.88. The first kappa shape index (κ1) is 13.5. The van der Waals surface area contributed by atoms with E-state index in [1.54, 1.807) is 10.5 Å². The minimum atomic E-state index is -3.07. The van der Waals surface area contributed by atoms with Crippen LogP contribution >= 0.6 is 0 Å². The number of pyridine rings is 2. The van der Waals surface area contributed by atoms with E-state index in [9.17, 15) is 8.42 Å². The predicted molar refractivity (Wildman–Crippen MR) is 77.9 cm³/mol. The van der Waals surface area contributed by atoms with Gasteiger partial charge in [0, 0.05) is 36.3 Å². The molecule has 0 spiro atoms. The second-order valence-electron chi connectivity index (χ2n) is 5.22. The number of hydrogen-bond donors (Lipinski definition) is 0. The van der Waals surface area contributed by atoms with Gasteiger partial charge in [0.1, 0.15) is 0 Å². The molecule has 1 saturated heterocycles. The lowest BCUT2D eigenvalue weighted by Crippen LogP contribution is -2.37. The number of piperidine rings is 1. The molecule has 0 bridgehead atoms. The molecule has 1 aliphatic heterocycles. The third kappa shape index (κ3) is 2.66. The first-order valence-electron chi connectivity index (χ1n) is 6.71. The van der Waals surface area contributed by atoms with Gasteiger partial charge >= 0.3 is 0 Å². The zero-order chi connectivity index (χ0) is 14.2. The minimum absolute atomic E-state index is 0.319. The van der Waals surface area contributed by atoms with E-state index in [2.05, 4.69) is 9.97 Å². The van der Waals surface area contributed by atoms with Gasteiger partial charge in [0.2, 0.25) is 10.0 Å². The standard InChI is InChI=1S/C14H17N3O2S/c1-20(18,19)17-9-6-11(7-10-17)13-5-4-12-3-2-8-15-14(12)16-13/h2-5,8,11H,6-7,9-10H2,1H3. The van der Waals surface area contributed by atoms with Gasteiger partial charge < -0.3 is 0 Å². The van der Waals surface area contributed by atoms with Crippen LogP contribution in [0, 0.1) is 0 Å². The summed E-state index contributed by atoms with van der Waals surface area (Å²) in [5, 5.41) is 1.03. The van der Waals surface area contributed by atoms with Gasteiger partial charge in [0.25, 0.3) is 0 Å². The van der Waals surface area contributed by atoms with Gasteiger partial charge in [-0.15, -0.1) is 0 Å². The van der Waals surface area contributed by atoms with Crippen molar-refractivity contribution >= 4 is 21.1 Å². The van der Waals surface area contributed by atoms with Gasteiger partial charge in [-0.05, 0) is 37.1 Å². The van der Waals surface area contributed by atoms with E-state index < -0.39 is 10.0 Å². The Kier molecular flexibility index (Phi) is 3.43. The van der Waals surface area contributed by atoms with Crippen LogP contribution in [0.25, 0.3) is 11.0 Å². The first-order chi connectivity index (χ1) is 9.54. The van der Waals surface area contributed by atoms with Crippen molar-refractivity contribution in [3.8, 4) is 0 Å². The number of fused-ring (bicyclic) bond motifs is 1. The second-order valence-corrected chi connectivity index (χ2v) is 7.20. The summed E-state index contributed by atoms with van der Waals surface area (Å²) in [6, 6.07) is 7.96. The van der Waals surface area contributed by atoms with Crippen molar-refractivity contribution in [3.63, 3.8) is 0 Å². The van der Waals surface area contributed by atoms with Gasteiger partial charge in [-0.3, -0.25) is 0 Å². The molecular weight excluding hydrogens is 274 g/mol. The Morgan fingerprint density at radius 3 is 2.65 bits per heavy atom. The summed E-state index contributed by atoms with van der Waals surface area (Å²) < 4.78 is 24.6. The van der Waals surface area contributed by atoms with Crippen molar-refractivity contribution in [2.45, 2.75) is 18.8 Å². The molecule has 1 fully saturated rings. The molecule has 106 valence electrons. The molecule has 20 heavy (non-hydrogen) atoms. The maximum Gasteiger partial charge on any atom is 0.211 e. The van der Waals surface area contributed by atoms with Crippen LogP contribution in [-0.4, -0.2) is 42.0 Å². The van der Waals surface area contributed by atoms with Gasteiger partial charge in [0.05, 0.1) is 6.26 Å². The molecule has 5 nitrogen and oxygen atoms in total. The zero-order valence-corrected chi connectivity index (χ0v) is 12.2. The van der Waals surface area contributed by atoms with Crippen molar-refractivity contribution < 1.29 is 8.42 Å². The maximum atomic E-state index is 11.5. The minimum Gasteiger partial charge on any atom is -0.237 e. The van der Waals surface area contributed by atoms with Gasteiger partial charge in [0.15, 0.2) is 5.65 Å². The van der Waals surface area contributed by atoms with Gasteiger partial charge in [-0.2, -0.15) is 0 Å². The average Bonchev–Trinajstić information content (AvgIpc) is 2.46. The summed E-state index contributed by atoms with van der Waals surface area (Å²) in [6.07, 6.45) is 4.65. The van der Waals surface area contributed by atoms with Crippen LogP contribution in [0.4, 0.5) is 0 Å². The molecule has 0 amide bonds. The topological polar surface area (TPSA) is 63.2 Å². The van der Waals surface area contributed by atoms with Crippen molar-refractivity contribution in [2.75, 3.05) is 19.3 Å². The lowest BCUT2D eigenvalue weighted by molar-refractivity contribution is 0.319. The zero-order valence-electron chi connectivity index (χ0n) is 11.4. The number of rotatable bonds is 2. The highest BCUT2D eigenvalue weighted by Crippen LogP contribution is 2.28. The van der Waals surface area contributed by atoms with Crippen LogP contribution in [0.15, 0.2) is 30.5 Å². The predicted octanol–water partition coefficient (Wildman–Crippen LogP) is 1.77. The summed E-state index contributed by atoms with van der Waals surface area (Å²) in [6.45, 7) is 1.15. The van der Waals surface area contributed by atoms with Gasteiger partial charge in [-0.25, -0.2) is 22.7 Å². The quantitative estimate of drug-likeness (QED) is 0.846. The Morgan fingerprint density at radius 1 is 1.20 bits per heavy atom. The van der Waals surface area contributed by atoms with E-state index in [1.807, 2.05) is 24.3 Å². The molecular formula is C14H17N3O2S. The van der Waals surface area contributed by atoms with E-state index in [0.29, 0.717) is 19.0 Å². The molecule has 0 unspecified atom stereocenters. The van der Waals surface area contributed by atoms with E-state index in [4.69, 9.17) is 0 Å². The Labute approximate surface area is 118 Å². The number of hydrogen-bond acceptors (Lipinski definition) is 4. The number of aromatic nitrogens is 2.